The first-order valence-corrected chi connectivity index (χ1v) is 4.94. The molecule has 0 aromatic heterocycles. The molecule has 0 radical (unpaired) electrons. The third-order valence-corrected chi connectivity index (χ3v) is 3.34. The topological polar surface area (TPSA) is 37.3 Å². The first-order valence-electron chi connectivity index (χ1n) is 4.94. The summed E-state index contributed by atoms with van der Waals surface area (Å²) in [5.41, 5.74) is 2.40. The summed E-state index contributed by atoms with van der Waals surface area (Å²) in [7, 11) is 0. The Balaban J connectivity index is 2.48. The molecular formula is C12H14O2. The van der Waals surface area contributed by atoms with Gasteiger partial charge in [-0.1, -0.05) is 38.1 Å². The second kappa shape index (κ2) is 3.12. The second-order valence-corrected chi connectivity index (χ2v) is 4.07. The van der Waals surface area contributed by atoms with E-state index < -0.39 is 5.97 Å². The zero-order valence-electron chi connectivity index (χ0n) is 8.40. The number of carboxylic acid groups (broad SMARTS) is 1. The van der Waals surface area contributed by atoms with Crippen molar-refractivity contribution >= 4 is 5.97 Å². The van der Waals surface area contributed by atoms with E-state index in [1.54, 1.807) is 0 Å². The quantitative estimate of drug-likeness (QED) is 0.739. The fourth-order valence-corrected chi connectivity index (χ4v) is 2.59. The van der Waals surface area contributed by atoms with Gasteiger partial charge in [0.25, 0.3) is 0 Å². The molecule has 2 rings (SSSR count). The molecule has 0 bridgehead atoms. The van der Waals surface area contributed by atoms with Crippen LogP contribution in [0.25, 0.3) is 0 Å². The first-order chi connectivity index (χ1) is 6.63. The number of hydrogen-bond acceptors (Lipinski definition) is 1. The average Bonchev–Trinajstić information content (AvgIpc) is 2.41. The summed E-state index contributed by atoms with van der Waals surface area (Å²) in [6.07, 6.45) is 0. The molecule has 1 aliphatic carbocycles. The molecule has 0 heterocycles. The predicted molar refractivity (Wildman–Crippen MR) is 54.4 cm³/mol. The summed E-state index contributed by atoms with van der Waals surface area (Å²) in [4.78, 5) is 11.1. The molecule has 3 atom stereocenters. The maximum Gasteiger partial charge on any atom is 0.307 e. The van der Waals surface area contributed by atoms with Crippen molar-refractivity contribution in [1.82, 2.24) is 0 Å². The second-order valence-electron chi connectivity index (χ2n) is 4.07. The van der Waals surface area contributed by atoms with Gasteiger partial charge in [-0.3, -0.25) is 4.79 Å². The number of aliphatic carboxylic acids is 1. The molecule has 1 aromatic carbocycles. The molecule has 0 fully saturated rings. The van der Waals surface area contributed by atoms with Crippen LogP contribution in [0.5, 0.6) is 0 Å². The van der Waals surface area contributed by atoms with Gasteiger partial charge in [0.05, 0.1) is 5.92 Å². The minimum atomic E-state index is -0.679. The number of benzene rings is 1. The molecule has 0 saturated heterocycles. The summed E-state index contributed by atoms with van der Waals surface area (Å²) in [6.45, 7) is 4.00. The smallest absolute Gasteiger partial charge is 0.307 e. The van der Waals surface area contributed by atoms with Crippen LogP contribution in [-0.4, -0.2) is 11.1 Å². The minimum absolute atomic E-state index is 0.138. The van der Waals surface area contributed by atoms with E-state index in [1.807, 2.05) is 38.1 Å². The lowest BCUT2D eigenvalue weighted by Gasteiger charge is -2.14. The van der Waals surface area contributed by atoms with Crippen LogP contribution in [0, 0.1) is 5.92 Å². The molecule has 74 valence electrons. The summed E-state index contributed by atoms with van der Waals surface area (Å²) in [5, 5.41) is 9.13. The molecule has 1 N–H and O–H groups in total. The standard InChI is InChI=1S/C12H14O2/c1-7-9-5-3-4-6-10(9)8(2)11(7)12(13)14/h3-8,11H,1-2H3,(H,13,14)/t7-,8+,11?. The fourth-order valence-electron chi connectivity index (χ4n) is 2.59. The number of rotatable bonds is 1. The van der Waals surface area contributed by atoms with Crippen molar-refractivity contribution in [2.45, 2.75) is 25.7 Å². The monoisotopic (exact) mass is 190 g/mol. The van der Waals surface area contributed by atoms with E-state index in [9.17, 15) is 4.79 Å². The highest BCUT2D eigenvalue weighted by Crippen LogP contribution is 2.45. The first kappa shape index (κ1) is 9.25. The zero-order chi connectivity index (χ0) is 10.3. The van der Waals surface area contributed by atoms with Gasteiger partial charge < -0.3 is 5.11 Å². The van der Waals surface area contributed by atoms with Crippen molar-refractivity contribution in [2.24, 2.45) is 5.92 Å². The predicted octanol–water partition coefficient (Wildman–Crippen LogP) is 2.61. The Morgan fingerprint density at radius 2 is 1.57 bits per heavy atom. The highest BCUT2D eigenvalue weighted by atomic mass is 16.4. The lowest BCUT2D eigenvalue weighted by molar-refractivity contribution is -0.142. The summed E-state index contributed by atoms with van der Waals surface area (Å²) < 4.78 is 0. The van der Waals surface area contributed by atoms with Crippen molar-refractivity contribution in [2.75, 3.05) is 0 Å². The molecule has 14 heavy (non-hydrogen) atoms. The Kier molecular flexibility index (Phi) is 2.06. The van der Waals surface area contributed by atoms with Crippen LogP contribution in [-0.2, 0) is 4.79 Å². The van der Waals surface area contributed by atoms with Gasteiger partial charge in [0, 0.05) is 0 Å². The van der Waals surface area contributed by atoms with Gasteiger partial charge in [-0.2, -0.15) is 0 Å². The lowest BCUT2D eigenvalue weighted by Crippen LogP contribution is -2.19. The van der Waals surface area contributed by atoms with Crippen LogP contribution in [0.2, 0.25) is 0 Å². The van der Waals surface area contributed by atoms with Crippen LogP contribution < -0.4 is 0 Å². The summed E-state index contributed by atoms with van der Waals surface area (Å²) in [6, 6.07) is 8.04. The number of carboxylic acids is 1. The van der Waals surface area contributed by atoms with Gasteiger partial charge >= 0.3 is 5.97 Å². The maximum atomic E-state index is 11.1. The minimum Gasteiger partial charge on any atom is -0.481 e. The van der Waals surface area contributed by atoms with Crippen molar-refractivity contribution < 1.29 is 9.90 Å². The number of carbonyl (C=O) groups is 1. The molecule has 0 spiro atoms. The zero-order valence-corrected chi connectivity index (χ0v) is 8.40. The van der Waals surface area contributed by atoms with Gasteiger partial charge in [0.15, 0.2) is 0 Å². The van der Waals surface area contributed by atoms with Gasteiger partial charge in [-0.25, -0.2) is 0 Å². The van der Waals surface area contributed by atoms with Gasteiger partial charge in [-0.15, -0.1) is 0 Å². The lowest BCUT2D eigenvalue weighted by atomic mass is 9.89. The normalized spacial score (nSPS) is 30.0. The van der Waals surface area contributed by atoms with E-state index >= 15 is 0 Å². The molecule has 1 unspecified atom stereocenters. The van der Waals surface area contributed by atoms with E-state index in [4.69, 9.17) is 5.11 Å². The highest BCUT2D eigenvalue weighted by molar-refractivity contribution is 5.74. The fraction of sp³-hybridized carbons (Fsp3) is 0.417. The Hall–Kier alpha value is -1.31. The van der Waals surface area contributed by atoms with E-state index in [2.05, 4.69) is 0 Å². The van der Waals surface area contributed by atoms with Crippen molar-refractivity contribution in [3.63, 3.8) is 0 Å². The van der Waals surface area contributed by atoms with Crippen LogP contribution in [0.15, 0.2) is 24.3 Å². The average molecular weight is 190 g/mol. The molecular weight excluding hydrogens is 176 g/mol. The third kappa shape index (κ3) is 1.14. The van der Waals surface area contributed by atoms with Crippen LogP contribution >= 0.6 is 0 Å². The Morgan fingerprint density at radius 3 is 1.93 bits per heavy atom. The SMILES string of the molecule is C[C@@H]1c2ccccc2[C@H](C)C1C(=O)O. The third-order valence-electron chi connectivity index (χ3n) is 3.34. The van der Waals surface area contributed by atoms with Crippen molar-refractivity contribution in [3.8, 4) is 0 Å². The van der Waals surface area contributed by atoms with E-state index in [0.717, 1.165) is 0 Å². The van der Waals surface area contributed by atoms with Crippen LogP contribution in [0.1, 0.15) is 36.8 Å². The number of fused-ring (bicyclic) bond motifs is 1. The largest absolute Gasteiger partial charge is 0.481 e. The molecule has 0 saturated carbocycles. The van der Waals surface area contributed by atoms with Crippen LogP contribution in [0.3, 0.4) is 0 Å². The molecule has 1 aliphatic rings. The maximum absolute atomic E-state index is 11.1. The molecule has 1 aromatic rings. The molecule has 2 heteroatoms. The van der Waals surface area contributed by atoms with Crippen LogP contribution in [0.4, 0.5) is 0 Å². The molecule has 0 amide bonds. The van der Waals surface area contributed by atoms with Gasteiger partial charge in [0.1, 0.15) is 0 Å². The molecule has 2 nitrogen and oxygen atoms in total. The van der Waals surface area contributed by atoms with E-state index in [-0.39, 0.29) is 17.8 Å². The van der Waals surface area contributed by atoms with Crippen molar-refractivity contribution in [3.05, 3.63) is 35.4 Å². The Bertz CT molecular complexity index is 341. The summed E-state index contributed by atoms with van der Waals surface area (Å²) in [5.74, 6) is -0.661. The van der Waals surface area contributed by atoms with Crippen molar-refractivity contribution in [1.29, 1.82) is 0 Å². The van der Waals surface area contributed by atoms with E-state index in [0.29, 0.717) is 0 Å². The Morgan fingerprint density at radius 1 is 1.14 bits per heavy atom. The van der Waals surface area contributed by atoms with Gasteiger partial charge in [-0.05, 0) is 23.0 Å². The highest BCUT2D eigenvalue weighted by Gasteiger charge is 2.39. The summed E-state index contributed by atoms with van der Waals surface area (Å²) >= 11 is 0. The van der Waals surface area contributed by atoms with E-state index in [1.165, 1.54) is 11.1 Å². The molecule has 0 aliphatic heterocycles. The number of hydrogen-bond donors (Lipinski definition) is 1. The van der Waals surface area contributed by atoms with Gasteiger partial charge in [0.2, 0.25) is 0 Å². The Labute approximate surface area is 83.6 Å².